The molecule has 1 aromatic rings. The van der Waals surface area contributed by atoms with Gasteiger partial charge in [-0.2, -0.15) is 5.10 Å². The molecule has 1 aliphatic rings. The Morgan fingerprint density at radius 3 is 3.07 bits per heavy atom. The minimum absolute atomic E-state index is 0.523. The van der Waals surface area contributed by atoms with Crippen LogP contribution in [0.5, 0.6) is 0 Å². The molecule has 1 aliphatic carbocycles. The van der Waals surface area contributed by atoms with E-state index in [0.717, 1.165) is 25.4 Å². The lowest BCUT2D eigenvalue weighted by molar-refractivity contribution is 0.473. The normalized spacial score (nSPS) is 18.0. The lowest BCUT2D eigenvalue weighted by atomic mass is 10.3. The average Bonchev–Trinajstić information content (AvgIpc) is 2.94. The van der Waals surface area contributed by atoms with E-state index in [-0.39, 0.29) is 0 Å². The maximum atomic E-state index is 4.57. The van der Waals surface area contributed by atoms with Crippen LogP contribution in [-0.2, 0) is 6.42 Å². The molecular formula is C12H21N3. The summed E-state index contributed by atoms with van der Waals surface area (Å²) in [5.41, 5.74) is 1.21. The minimum Gasteiger partial charge on any atom is -0.314 e. The standard InChI is InChI=1S/C12H21N3/c1-3-10(2)15-9-7-12(14-15)6-8-13-11-4-5-11/h7,9-11,13H,3-6,8H2,1-2H3. The second-order valence-corrected chi connectivity index (χ2v) is 4.52. The summed E-state index contributed by atoms with van der Waals surface area (Å²) in [5, 5.41) is 8.08. The van der Waals surface area contributed by atoms with E-state index in [4.69, 9.17) is 0 Å². The van der Waals surface area contributed by atoms with Crippen LogP contribution in [-0.4, -0.2) is 22.4 Å². The van der Waals surface area contributed by atoms with E-state index in [0.29, 0.717) is 6.04 Å². The maximum absolute atomic E-state index is 4.57. The second kappa shape index (κ2) is 4.79. The number of nitrogens with one attached hydrogen (secondary N) is 1. The molecule has 3 heteroatoms. The minimum atomic E-state index is 0.523. The zero-order valence-corrected chi connectivity index (χ0v) is 9.74. The van der Waals surface area contributed by atoms with Crippen molar-refractivity contribution >= 4 is 0 Å². The Labute approximate surface area is 91.9 Å². The summed E-state index contributed by atoms with van der Waals surface area (Å²) >= 11 is 0. The highest BCUT2D eigenvalue weighted by Gasteiger charge is 2.19. The van der Waals surface area contributed by atoms with Crippen LogP contribution < -0.4 is 5.32 Å². The monoisotopic (exact) mass is 207 g/mol. The molecule has 1 heterocycles. The van der Waals surface area contributed by atoms with Gasteiger partial charge < -0.3 is 5.32 Å². The van der Waals surface area contributed by atoms with Crippen LogP contribution in [0.3, 0.4) is 0 Å². The van der Waals surface area contributed by atoms with Gasteiger partial charge in [0.05, 0.1) is 5.69 Å². The first kappa shape index (κ1) is 10.7. The Morgan fingerprint density at radius 2 is 2.40 bits per heavy atom. The van der Waals surface area contributed by atoms with Gasteiger partial charge in [-0.3, -0.25) is 4.68 Å². The molecule has 0 spiro atoms. The van der Waals surface area contributed by atoms with Crippen molar-refractivity contribution in [2.45, 2.75) is 51.6 Å². The van der Waals surface area contributed by atoms with Crippen LogP contribution in [0.15, 0.2) is 12.3 Å². The quantitative estimate of drug-likeness (QED) is 0.774. The molecule has 0 amide bonds. The third-order valence-corrected chi connectivity index (χ3v) is 3.10. The highest BCUT2D eigenvalue weighted by atomic mass is 15.3. The summed E-state index contributed by atoms with van der Waals surface area (Å²) in [6.07, 6.45) is 7.02. The topological polar surface area (TPSA) is 29.9 Å². The van der Waals surface area contributed by atoms with Crippen molar-refractivity contribution in [3.8, 4) is 0 Å². The first-order chi connectivity index (χ1) is 7.29. The molecule has 3 nitrogen and oxygen atoms in total. The zero-order chi connectivity index (χ0) is 10.7. The van der Waals surface area contributed by atoms with Gasteiger partial charge in [0, 0.05) is 31.2 Å². The van der Waals surface area contributed by atoms with Crippen molar-refractivity contribution in [3.63, 3.8) is 0 Å². The fourth-order valence-corrected chi connectivity index (χ4v) is 1.64. The van der Waals surface area contributed by atoms with Crippen LogP contribution in [0, 0.1) is 0 Å². The van der Waals surface area contributed by atoms with Crippen molar-refractivity contribution < 1.29 is 0 Å². The Balaban J connectivity index is 1.77. The van der Waals surface area contributed by atoms with E-state index in [1.165, 1.54) is 18.5 Å². The SMILES string of the molecule is CCC(C)n1ccc(CCNC2CC2)n1. The number of rotatable bonds is 6. The van der Waals surface area contributed by atoms with Gasteiger partial charge in [-0.05, 0) is 32.3 Å². The summed E-state index contributed by atoms with van der Waals surface area (Å²) in [5.74, 6) is 0. The largest absolute Gasteiger partial charge is 0.314 e. The molecule has 2 rings (SSSR count). The van der Waals surface area contributed by atoms with Crippen LogP contribution in [0.4, 0.5) is 0 Å². The molecule has 0 bridgehead atoms. The van der Waals surface area contributed by atoms with Crippen molar-refractivity contribution in [3.05, 3.63) is 18.0 Å². The summed E-state index contributed by atoms with van der Waals surface area (Å²) in [6.45, 7) is 5.47. The van der Waals surface area contributed by atoms with E-state index in [2.05, 4.69) is 41.2 Å². The van der Waals surface area contributed by atoms with Crippen LogP contribution >= 0.6 is 0 Å². The van der Waals surface area contributed by atoms with E-state index >= 15 is 0 Å². The summed E-state index contributed by atoms with van der Waals surface area (Å²) in [7, 11) is 0. The molecule has 1 aromatic heterocycles. The van der Waals surface area contributed by atoms with Gasteiger partial charge in [-0.15, -0.1) is 0 Å². The molecular weight excluding hydrogens is 186 g/mol. The molecule has 0 saturated heterocycles. The maximum Gasteiger partial charge on any atom is 0.0637 e. The van der Waals surface area contributed by atoms with Gasteiger partial charge in [0.25, 0.3) is 0 Å². The molecule has 1 fully saturated rings. The first-order valence-corrected chi connectivity index (χ1v) is 6.07. The number of aromatic nitrogens is 2. The molecule has 1 atom stereocenters. The number of nitrogens with zero attached hydrogens (tertiary/aromatic N) is 2. The van der Waals surface area contributed by atoms with Crippen molar-refractivity contribution in [1.82, 2.24) is 15.1 Å². The molecule has 0 aliphatic heterocycles. The predicted octanol–water partition coefficient (Wildman–Crippen LogP) is 2.15. The Kier molecular flexibility index (Phi) is 3.41. The predicted molar refractivity (Wildman–Crippen MR) is 62.0 cm³/mol. The molecule has 0 aromatic carbocycles. The van der Waals surface area contributed by atoms with Crippen LogP contribution in [0.25, 0.3) is 0 Å². The first-order valence-electron chi connectivity index (χ1n) is 6.07. The smallest absolute Gasteiger partial charge is 0.0637 e. The lowest BCUT2D eigenvalue weighted by Crippen LogP contribution is -2.19. The highest BCUT2D eigenvalue weighted by molar-refractivity contribution is 5.00. The van der Waals surface area contributed by atoms with Crippen molar-refractivity contribution in [1.29, 1.82) is 0 Å². The van der Waals surface area contributed by atoms with E-state index in [9.17, 15) is 0 Å². The van der Waals surface area contributed by atoms with Crippen molar-refractivity contribution in [2.75, 3.05) is 6.54 Å². The summed E-state index contributed by atoms with van der Waals surface area (Å²) in [6, 6.07) is 3.47. The lowest BCUT2D eigenvalue weighted by Gasteiger charge is -2.08. The molecule has 1 N–H and O–H groups in total. The summed E-state index contributed by atoms with van der Waals surface area (Å²) < 4.78 is 2.08. The average molecular weight is 207 g/mol. The molecule has 84 valence electrons. The fourth-order valence-electron chi connectivity index (χ4n) is 1.64. The van der Waals surface area contributed by atoms with Gasteiger partial charge in [0.15, 0.2) is 0 Å². The Hall–Kier alpha value is -0.830. The molecule has 15 heavy (non-hydrogen) atoms. The van der Waals surface area contributed by atoms with Gasteiger partial charge in [0.1, 0.15) is 0 Å². The second-order valence-electron chi connectivity index (χ2n) is 4.52. The third kappa shape index (κ3) is 3.06. The van der Waals surface area contributed by atoms with E-state index in [1.54, 1.807) is 0 Å². The Bertz CT molecular complexity index is 302. The molecule has 0 radical (unpaired) electrons. The van der Waals surface area contributed by atoms with Gasteiger partial charge in [-0.25, -0.2) is 0 Å². The van der Waals surface area contributed by atoms with Gasteiger partial charge in [0.2, 0.25) is 0 Å². The van der Waals surface area contributed by atoms with Crippen LogP contribution in [0.1, 0.15) is 44.8 Å². The van der Waals surface area contributed by atoms with Crippen LogP contribution in [0.2, 0.25) is 0 Å². The number of hydrogen-bond acceptors (Lipinski definition) is 2. The number of hydrogen-bond donors (Lipinski definition) is 1. The van der Waals surface area contributed by atoms with E-state index in [1.807, 2.05) is 0 Å². The summed E-state index contributed by atoms with van der Waals surface area (Å²) in [4.78, 5) is 0. The van der Waals surface area contributed by atoms with Gasteiger partial charge in [-0.1, -0.05) is 6.92 Å². The fraction of sp³-hybridized carbons (Fsp3) is 0.750. The third-order valence-electron chi connectivity index (χ3n) is 3.10. The Morgan fingerprint density at radius 1 is 1.60 bits per heavy atom. The zero-order valence-electron chi connectivity index (χ0n) is 9.74. The highest BCUT2D eigenvalue weighted by Crippen LogP contribution is 2.18. The molecule has 1 saturated carbocycles. The van der Waals surface area contributed by atoms with E-state index < -0.39 is 0 Å². The molecule has 1 unspecified atom stereocenters. The van der Waals surface area contributed by atoms with Gasteiger partial charge >= 0.3 is 0 Å². The van der Waals surface area contributed by atoms with Crippen molar-refractivity contribution in [2.24, 2.45) is 0 Å².